The van der Waals surface area contributed by atoms with Crippen molar-refractivity contribution in [3.8, 4) is 5.75 Å². The molecule has 0 aliphatic rings. The Morgan fingerprint density at radius 1 is 1.43 bits per heavy atom. The molecule has 0 radical (unpaired) electrons. The number of furan rings is 1. The summed E-state index contributed by atoms with van der Waals surface area (Å²) in [7, 11) is 0. The van der Waals surface area contributed by atoms with Crippen LogP contribution < -0.4 is 15.8 Å². The van der Waals surface area contributed by atoms with Gasteiger partial charge in [-0.15, -0.1) is 12.4 Å². The van der Waals surface area contributed by atoms with Crippen LogP contribution in [0.3, 0.4) is 0 Å². The standard InChI is InChI=1S/C16H19ClN2O3.ClH/c1-2-12(22-15-6-4-3-5-14(15)17)9-19-16(20)11-7-13(8-18)21-10-11;/h3-7,10,12H,2,8-9,18H2,1H3,(H,19,20);1H. The monoisotopic (exact) mass is 358 g/mol. The summed E-state index contributed by atoms with van der Waals surface area (Å²) in [6.07, 6.45) is 1.97. The average molecular weight is 359 g/mol. The number of carbonyl (C=O) groups excluding carboxylic acids is 1. The van der Waals surface area contributed by atoms with Crippen molar-refractivity contribution in [1.82, 2.24) is 5.32 Å². The summed E-state index contributed by atoms with van der Waals surface area (Å²) in [5.74, 6) is 0.966. The summed E-state index contributed by atoms with van der Waals surface area (Å²) < 4.78 is 11.0. The van der Waals surface area contributed by atoms with Crippen LogP contribution in [-0.2, 0) is 6.54 Å². The second-order valence-electron chi connectivity index (χ2n) is 4.79. The third kappa shape index (κ3) is 5.46. The molecule has 126 valence electrons. The Morgan fingerprint density at radius 3 is 2.78 bits per heavy atom. The first kappa shape index (κ1) is 19.4. The van der Waals surface area contributed by atoms with E-state index in [0.29, 0.717) is 28.6 Å². The van der Waals surface area contributed by atoms with Crippen LogP contribution in [0.2, 0.25) is 5.02 Å². The predicted octanol–water partition coefficient (Wildman–Crippen LogP) is 3.40. The molecule has 0 fully saturated rings. The van der Waals surface area contributed by atoms with E-state index in [1.165, 1.54) is 6.26 Å². The second-order valence-corrected chi connectivity index (χ2v) is 5.20. The molecule has 0 saturated heterocycles. The molecular weight excluding hydrogens is 339 g/mol. The van der Waals surface area contributed by atoms with E-state index < -0.39 is 0 Å². The molecule has 0 bridgehead atoms. The average Bonchev–Trinajstić information content (AvgIpc) is 3.02. The van der Waals surface area contributed by atoms with E-state index in [1.807, 2.05) is 19.1 Å². The molecule has 3 N–H and O–H groups in total. The lowest BCUT2D eigenvalue weighted by atomic mass is 10.2. The minimum absolute atomic E-state index is 0. The summed E-state index contributed by atoms with van der Waals surface area (Å²) in [5, 5.41) is 3.37. The van der Waals surface area contributed by atoms with Gasteiger partial charge < -0.3 is 20.2 Å². The highest BCUT2D eigenvalue weighted by atomic mass is 35.5. The third-order valence-corrected chi connectivity index (χ3v) is 3.51. The number of nitrogens with two attached hydrogens (primary N) is 1. The molecule has 1 heterocycles. The van der Waals surface area contributed by atoms with Crippen LogP contribution in [0.15, 0.2) is 41.0 Å². The second kappa shape index (κ2) is 9.45. The zero-order valence-corrected chi connectivity index (χ0v) is 14.3. The number of ether oxygens (including phenoxy) is 1. The van der Waals surface area contributed by atoms with Crippen LogP contribution >= 0.6 is 24.0 Å². The lowest BCUT2D eigenvalue weighted by Crippen LogP contribution is -2.34. The van der Waals surface area contributed by atoms with Crippen molar-refractivity contribution in [3.63, 3.8) is 0 Å². The summed E-state index contributed by atoms with van der Waals surface area (Å²) in [6.45, 7) is 2.63. The molecule has 1 aromatic carbocycles. The molecular formula is C16H20Cl2N2O3. The van der Waals surface area contributed by atoms with Gasteiger partial charge in [0.05, 0.1) is 23.7 Å². The molecule has 1 amide bonds. The molecule has 0 aliphatic heterocycles. The first-order valence-electron chi connectivity index (χ1n) is 7.11. The van der Waals surface area contributed by atoms with E-state index in [2.05, 4.69) is 5.32 Å². The van der Waals surface area contributed by atoms with E-state index in [9.17, 15) is 4.79 Å². The minimum atomic E-state index is -0.218. The van der Waals surface area contributed by atoms with Gasteiger partial charge in [0.25, 0.3) is 5.91 Å². The molecule has 0 aliphatic carbocycles. The number of hydrogen-bond acceptors (Lipinski definition) is 4. The SMILES string of the molecule is CCC(CNC(=O)c1coc(CN)c1)Oc1ccccc1Cl.Cl. The highest BCUT2D eigenvalue weighted by molar-refractivity contribution is 6.32. The Kier molecular flexibility index (Phi) is 7.95. The number of rotatable bonds is 7. The number of carbonyl (C=O) groups is 1. The maximum absolute atomic E-state index is 12.0. The molecule has 0 saturated carbocycles. The molecule has 23 heavy (non-hydrogen) atoms. The van der Waals surface area contributed by atoms with Crippen molar-refractivity contribution < 1.29 is 13.9 Å². The van der Waals surface area contributed by atoms with Crippen molar-refractivity contribution in [2.24, 2.45) is 5.73 Å². The van der Waals surface area contributed by atoms with Gasteiger partial charge in [0.2, 0.25) is 0 Å². The largest absolute Gasteiger partial charge is 0.487 e. The Morgan fingerprint density at radius 2 is 2.17 bits per heavy atom. The smallest absolute Gasteiger partial charge is 0.254 e. The van der Waals surface area contributed by atoms with Crippen molar-refractivity contribution >= 4 is 29.9 Å². The van der Waals surface area contributed by atoms with Crippen LogP contribution in [0.1, 0.15) is 29.5 Å². The predicted molar refractivity (Wildman–Crippen MR) is 92.3 cm³/mol. The lowest BCUT2D eigenvalue weighted by molar-refractivity contribution is 0.0925. The summed E-state index contributed by atoms with van der Waals surface area (Å²) in [6, 6.07) is 8.89. The highest BCUT2D eigenvalue weighted by Gasteiger charge is 2.14. The molecule has 5 nitrogen and oxygen atoms in total. The summed E-state index contributed by atoms with van der Waals surface area (Å²) >= 11 is 6.07. The van der Waals surface area contributed by atoms with Crippen molar-refractivity contribution in [3.05, 3.63) is 52.9 Å². The first-order chi connectivity index (χ1) is 10.6. The fourth-order valence-corrected chi connectivity index (χ4v) is 2.08. The minimum Gasteiger partial charge on any atom is -0.487 e. The normalized spacial score (nSPS) is 11.4. The van der Waals surface area contributed by atoms with Gasteiger partial charge in [0.15, 0.2) is 0 Å². The summed E-state index contributed by atoms with van der Waals surface area (Å²) in [4.78, 5) is 12.0. The number of amides is 1. The van der Waals surface area contributed by atoms with E-state index in [-0.39, 0.29) is 31.0 Å². The molecule has 7 heteroatoms. The molecule has 1 unspecified atom stereocenters. The van der Waals surface area contributed by atoms with E-state index in [0.717, 1.165) is 6.42 Å². The van der Waals surface area contributed by atoms with Gasteiger partial charge in [-0.3, -0.25) is 4.79 Å². The number of para-hydroxylation sites is 1. The lowest BCUT2D eigenvalue weighted by Gasteiger charge is -2.18. The molecule has 2 aromatic rings. The maximum atomic E-state index is 12.0. The van der Waals surface area contributed by atoms with Gasteiger partial charge >= 0.3 is 0 Å². The van der Waals surface area contributed by atoms with Crippen molar-refractivity contribution in [2.75, 3.05) is 6.54 Å². The van der Waals surface area contributed by atoms with Gasteiger partial charge in [0.1, 0.15) is 23.9 Å². The van der Waals surface area contributed by atoms with Gasteiger partial charge in [-0.2, -0.15) is 0 Å². The van der Waals surface area contributed by atoms with Crippen molar-refractivity contribution in [1.29, 1.82) is 0 Å². The molecule has 1 aromatic heterocycles. The number of hydrogen-bond donors (Lipinski definition) is 2. The highest BCUT2D eigenvalue weighted by Crippen LogP contribution is 2.24. The molecule has 0 spiro atoms. The van der Waals surface area contributed by atoms with Gasteiger partial charge in [-0.25, -0.2) is 0 Å². The zero-order valence-electron chi connectivity index (χ0n) is 12.8. The van der Waals surface area contributed by atoms with Crippen LogP contribution in [-0.4, -0.2) is 18.6 Å². The zero-order chi connectivity index (χ0) is 15.9. The van der Waals surface area contributed by atoms with E-state index in [1.54, 1.807) is 18.2 Å². The summed E-state index contributed by atoms with van der Waals surface area (Å²) in [5.41, 5.74) is 5.90. The van der Waals surface area contributed by atoms with E-state index >= 15 is 0 Å². The fourth-order valence-electron chi connectivity index (χ4n) is 1.90. The van der Waals surface area contributed by atoms with Crippen LogP contribution in [0.5, 0.6) is 5.75 Å². The fraction of sp³-hybridized carbons (Fsp3) is 0.312. The molecule has 2 rings (SSSR count). The van der Waals surface area contributed by atoms with E-state index in [4.69, 9.17) is 26.5 Å². The van der Waals surface area contributed by atoms with Gasteiger partial charge in [-0.1, -0.05) is 30.7 Å². The van der Waals surface area contributed by atoms with Gasteiger partial charge in [0, 0.05) is 0 Å². The van der Waals surface area contributed by atoms with Gasteiger partial charge in [-0.05, 0) is 24.6 Å². The Balaban J connectivity index is 0.00000264. The Labute approximate surface area is 146 Å². The quantitative estimate of drug-likeness (QED) is 0.794. The van der Waals surface area contributed by atoms with Crippen LogP contribution in [0.25, 0.3) is 0 Å². The van der Waals surface area contributed by atoms with Crippen LogP contribution in [0.4, 0.5) is 0 Å². The number of halogens is 2. The van der Waals surface area contributed by atoms with Crippen molar-refractivity contribution in [2.45, 2.75) is 26.0 Å². The number of nitrogens with one attached hydrogen (secondary N) is 1. The Hall–Kier alpha value is -1.69. The maximum Gasteiger partial charge on any atom is 0.254 e. The Bertz CT molecular complexity index is 631. The number of benzene rings is 1. The first-order valence-corrected chi connectivity index (χ1v) is 7.48. The topological polar surface area (TPSA) is 77.5 Å². The van der Waals surface area contributed by atoms with Crippen LogP contribution in [0, 0.1) is 0 Å². The molecule has 1 atom stereocenters. The third-order valence-electron chi connectivity index (χ3n) is 3.19.